The van der Waals surface area contributed by atoms with Crippen LogP contribution in [-0.4, -0.2) is 50.2 Å². The van der Waals surface area contributed by atoms with Crippen LogP contribution in [0.25, 0.3) is 0 Å². The molecule has 8 heteroatoms. The Hall–Kier alpha value is -1.15. The van der Waals surface area contributed by atoms with E-state index in [1.807, 2.05) is 17.0 Å². The summed E-state index contributed by atoms with van der Waals surface area (Å²) >= 11 is 0. The molecule has 1 amide bonds. The SMILES string of the molecule is CCS(=O)(=O)NCc1ccc(C(=O)N2CCC3CCC(C2)N3)cc1.Cl. The highest BCUT2D eigenvalue weighted by Crippen LogP contribution is 2.21. The van der Waals surface area contributed by atoms with Crippen molar-refractivity contribution in [3.8, 4) is 0 Å². The molecular weight excluding hydrogens is 362 g/mol. The third-order valence-electron chi connectivity index (χ3n) is 4.89. The van der Waals surface area contributed by atoms with Crippen molar-refractivity contribution in [1.82, 2.24) is 14.9 Å². The summed E-state index contributed by atoms with van der Waals surface area (Å²) in [4.78, 5) is 14.6. The lowest BCUT2D eigenvalue weighted by molar-refractivity contribution is 0.0748. The summed E-state index contributed by atoms with van der Waals surface area (Å²) in [6.07, 6.45) is 3.37. The molecule has 0 radical (unpaired) electrons. The molecule has 2 fully saturated rings. The highest BCUT2D eigenvalue weighted by molar-refractivity contribution is 7.89. The van der Waals surface area contributed by atoms with E-state index in [0.717, 1.165) is 31.5 Å². The normalized spacial score (nSPS) is 23.0. The van der Waals surface area contributed by atoms with Crippen LogP contribution in [0.3, 0.4) is 0 Å². The summed E-state index contributed by atoms with van der Waals surface area (Å²) in [5.74, 6) is 0.124. The van der Waals surface area contributed by atoms with Gasteiger partial charge in [0.05, 0.1) is 5.75 Å². The summed E-state index contributed by atoms with van der Waals surface area (Å²) < 4.78 is 25.5. The Morgan fingerprint density at radius 2 is 1.88 bits per heavy atom. The molecule has 25 heavy (non-hydrogen) atoms. The van der Waals surface area contributed by atoms with Gasteiger partial charge in [0.15, 0.2) is 0 Å². The molecule has 2 N–H and O–H groups in total. The van der Waals surface area contributed by atoms with Gasteiger partial charge in [0, 0.05) is 37.3 Å². The maximum absolute atomic E-state index is 12.7. The Bertz CT molecular complexity index is 694. The maximum atomic E-state index is 12.7. The Morgan fingerprint density at radius 3 is 2.56 bits per heavy atom. The minimum absolute atomic E-state index is 0. The third-order valence-corrected chi connectivity index (χ3v) is 6.23. The first-order valence-electron chi connectivity index (χ1n) is 8.58. The van der Waals surface area contributed by atoms with E-state index in [1.54, 1.807) is 19.1 Å². The average molecular weight is 388 g/mol. The molecule has 140 valence electrons. The number of rotatable bonds is 5. The van der Waals surface area contributed by atoms with E-state index in [9.17, 15) is 13.2 Å². The van der Waals surface area contributed by atoms with Crippen molar-refractivity contribution in [2.45, 2.75) is 44.8 Å². The second-order valence-electron chi connectivity index (χ2n) is 6.60. The highest BCUT2D eigenvalue weighted by atomic mass is 35.5. The van der Waals surface area contributed by atoms with E-state index in [4.69, 9.17) is 0 Å². The van der Waals surface area contributed by atoms with Gasteiger partial charge in [-0.05, 0) is 43.9 Å². The maximum Gasteiger partial charge on any atom is 0.253 e. The molecule has 1 aromatic rings. The van der Waals surface area contributed by atoms with E-state index in [-0.39, 0.29) is 30.6 Å². The van der Waals surface area contributed by atoms with Crippen LogP contribution in [0.1, 0.15) is 42.1 Å². The van der Waals surface area contributed by atoms with Gasteiger partial charge < -0.3 is 10.2 Å². The lowest BCUT2D eigenvalue weighted by Gasteiger charge is -2.24. The summed E-state index contributed by atoms with van der Waals surface area (Å²) in [6.45, 7) is 3.42. The van der Waals surface area contributed by atoms with Crippen LogP contribution in [0, 0.1) is 0 Å². The van der Waals surface area contributed by atoms with Gasteiger partial charge in [0.2, 0.25) is 10.0 Å². The molecule has 2 aliphatic heterocycles. The van der Waals surface area contributed by atoms with Gasteiger partial charge in [-0.2, -0.15) is 0 Å². The van der Waals surface area contributed by atoms with E-state index < -0.39 is 10.0 Å². The van der Waals surface area contributed by atoms with E-state index >= 15 is 0 Å². The Balaban J connectivity index is 0.00000225. The lowest BCUT2D eigenvalue weighted by atomic mass is 10.1. The fourth-order valence-electron chi connectivity index (χ4n) is 3.37. The molecule has 2 bridgehead atoms. The number of carbonyl (C=O) groups is 1. The topological polar surface area (TPSA) is 78.5 Å². The molecule has 0 spiro atoms. The first-order chi connectivity index (χ1) is 11.5. The number of sulfonamides is 1. The van der Waals surface area contributed by atoms with Crippen molar-refractivity contribution in [1.29, 1.82) is 0 Å². The zero-order valence-electron chi connectivity index (χ0n) is 14.4. The van der Waals surface area contributed by atoms with Gasteiger partial charge in [0.1, 0.15) is 0 Å². The number of nitrogens with one attached hydrogen (secondary N) is 2. The van der Waals surface area contributed by atoms with Crippen molar-refractivity contribution in [2.75, 3.05) is 18.8 Å². The number of nitrogens with zero attached hydrogens (tertiary/aromatic N) is 1. The van der Waals surface area contributed by atoms with E-state index in [2.05, 4.69) is 10.0 Å². The minimum atomic E-state index is -3.20. The quantitative estimate of drug-likeness (QED) is 0.802. The number of halogens is 1. The van der Waals surface area contributed by atoms with Crippen molar-refractivity contribution in [3.05, 3.63) is 35.4 Å². The van der Waals surface area contributed by atoms with Crippen LogP contribution in [0.2, 0.25) is 0 Å². The smallest absolute Gasteiger partial charge is 0.253 e. The standard InChI is InChI=1S/C17H25N3O3S.ClH/c1-2-24(22,23)18-11-13-3-5-14(6-4-13)17(21)20-10-9-15-7-8-16(12-20)19-15;/h3-6,15-16,18-19H,2,7-12H2,1H3;1H. The summed E-state index contributed by atoms with van der Waals surface area (Å²) in [7, 11) is -3.20. The zero-order chi connectivity index (χ0) is 17.2. The molecule has 0 aliphatic carbocycles. The zero-order valence-corrected chi connectivity index (χ0v) is 16.0. The molecule has 6 nitrogen and oxygen atoms in total. The number of amides is 1. The summed E-state index contributed by atoms with van der Waals surface area (Å²) in [5.41, 5.74) is 1.51. The minimum Gasteiger partial charge on any atom is -0.337 e. The molecule has 2 aliphatic rings. The highest BCUT2D eigenvalue weighted by Gasteiger charge is 2.31. The van der Waals surface area contributed by atoms with Crippen molar-refractivity contribution < 1.29 is 13.2 Å². The Labute approximate surface area is 155 Å². The van der Waals surface area contributed by atoms with Crippen LogP contribution in [0.4, 0.5) is 0 Å². The molecule has 2 heterocycles. The second kappa shape index (κ2) is 8.49. The molecule has 2 saturated heterocycles. The van der Waals surface area contributed by atoms with Gasteiger partial charge in [-0.1, -0.05) is 12.1 Å². The Kier molecular flexibility index (Phi) is 6.85. The number of carbonyl (C=O) groups excluding carboxylic acids is 1. The first-order valence-corrected chi connectivity index (χ1v) is 10.2. The fraction of sp³-hybridized carbons (Fsp3) is 0.588. The van der Waals surface area contributed by atoms with Crippen LogP contribution in [0.5, 0.6) is 0 Å². The molecule has 0 saturated carbocycles. The first kappa shape index (κ1) is 20.2. The molecular formula is C17H26ClN3O3S. The fourth-order valence-corrected chi connectivity index (χ4v) is 3.96. The lowest BCUT2D eigenvalue weighted by Crippen LogP contribution is -2.39. The summed E-state index contributed by atoms with van der Waals surface area (Å²) in [5, 5.41) is 3.58. The molecule has 1 aromatic carbocycles. The average Bonchev–Trinajstić information content (AvgIpc) is 2.92. The molecule has 0 aromatic heterocycles. The van der Waals surface area contributed by atoms with E-state index in [0.29, 0.717) is 17.6 Å². The third kappa shape index (κ3) is 5.17. The summed E-state index contributed by atoms with van der Waals surface area (Å²) in [6, 6.07) is 8.18. The molecule has 2 atom stereocenters. The predicted octanol–water partition coefficient (Wildman–Crippen LogP) is 1.51. The second-order valence-corrected chi connectivity index (χ2v) is 8.69. The van der Waals surface area contributed by atoms with Crippen molar-refractivity contribution in [3.63, 3.8) is 0 Å². The van der Waals surface area contributed by atoms with Crippen LogP contribution >= 0.6 is 12.4 Å². The Morgan fingerprint density at radius 1 is 1.20 bits per heavy atom. The van der Waals surface area contributed by atoms with Gasteiger partial charge in [-0.15, -0.1) is 12.4 Å². The van der Waals surface area contributed by atoms with Crippen LogP contribution < -0.4 is 10.0 Å². The van der Waals surface area contributed by atoms with Gasteiger partial charge in [0.25, 0.3) is 5.91 Å². The van der Waals surface area contributed by atoms with Gasteiger partial charge in [-0.3, -0.25) is 4.79 Å². The van der Waals surface area contributed by atoms with Crippen molar-refractivity contribution in [2.24, 2.45) is 0 Å². The van der Waals surface area contributed by atoms with Crippen molar-refractivity contribution >= 4 is 28.3 Å². The predicted molar refractivity (Wildman–Crippen MR) is 100 cm³/mol. The van der Waals surface area contributed by atoms with Gasteiger partial charge >= 0.3 is 0 Å². The largest absolute Gasteiger partial charge is 0.337 e. The molecule has 3 rings (SSSR count). The number of hydrogen-bond acceptors (Lipinski definition) is 4. The monoisotopic (exact) mass is 387 g/mol. The van der Waals surface area contributed by atoms with Crippen LogP contribution in [-0.2, 0) is 16.6 Å². The number of fused-ring (bicyclic) bond motifs is 2. The van der Waals surface area contributed by atoms with E-state index in [1.165, 1.54) is 6.42 Å². The number of likely N-dealkylation sites (tertiary alicyclic amines) is 1. The van der Waals surface area contributed by atoms with Gasteiger partial charge in [-0.25, -0.2) is 13.1 Å². The molecule has 2 unspecified atom stereocenters. The van der Waals surface area contributed by atoms with Crippen LogP contribution in [0.15, 0.2) is 24.3 Å². The number of benzene rings is 1. The number of hydrogen-bond donors (Lipinski definition) is 2.